The normalized spacial score (nSPS) is 14.0. The van der Waals surface area contributed by atoms with Crippen LogP contribution in [0.5, 0.6) is 0 Å². The highest BCUT2D eigenvalue weighted by atomic mass is 32.2. The third kappa shape index (κ3) is 5.25. The molecule has 2 aromatic rings. The van der Waals surface area contributed by atoms with E-state index in [9.17, 15) is 8.42 Å². The molecule has 2 N–H and O–H groups in total. The van der Waals surface area contributed by atoms with Crippen LogP contribution >= 0.6 is 0 Å². The lowest BCUT2D eigenvalue weighted by Gasteiger charge is -2.18. The van der Waals surface area contributed by atoms with Gasteiger partial charge in [-0.3, -0.25) is 4.72 Å². The van der Waals surface area contributed by atoms with E-state index in [1.165, 1.54) is 0 Å². The average molecular weight is 348 g/mol. The fourth-order valence-electron chi connectivity index (χ4n) is 2.40. The zero-order chi connectivity index (χ0) is 17.7. The van der Waals surface area contributed by atoms with E-state index in [0.29, 0.717) is 5.69 Å². The maximum absolute atomic E-state index is 11.2. The Morgan fingerprint density at radius 2 is 1.62 bits per heavy atom. The Morgan fingerprint density at radius 1 is 0.958 bits per heavy atom. The number of benzene rings is 2. The standard InChI is InChI=1S/C18H24N2O3S/c1-13(15-8-10-17(11-9-15)20-24(4,21)22)19-18-7-5-6-16(12-18)14(2)23-3/h5-14,19-20H,1-4H3/t13-,14-/m0/s1. The van der Waals surface area contributed by atoms with Gasteiger partial charge in [-0.05, 0) is 49.2 Å². The minimum absolute atomic E-state index is 0.0448. The predicted molar refractivity (Wildman–Crippen MR) is 98.8 cm³/mol. The summed E-state index contributed by atoms with van der Waals surface area (Å²) in [6.07, 6.45) is 1.18. The van der Waals surface area contributed by atoms with E-state index in [-0.39, 0.29) is 12.1 Å². The summed E-state index contributed by atoms with van der Waals surface area (Å²) >= 11 is 0. The predicted octanol–water partition coefficient (Wildman–Crippen LogP) is 3.94. The first-order chi connectivity index (χ1) is 11.3. The van der Waals surface area contributed by atoms with Gasteiger partial charge in [0.15, 0.2) is 0 Å². The molecule has 0 radical (unpaired) electrons. The van der Waals surface area contributed by atoms with Gasteiger partial charge in [0.2, 0.25) is 10.0 Å². The molecule has 130 valence electrons. The summed E-state index contributed by atoms with van der Waals surface area (Å²) in [5.41, 5.74) is 3.76. The highest BCUT2D eigenvalue weighted by Crippen LogP contribution is 2.24. The molecule has 0 fully saturated rings. The summed E-state index contributed by atoms with van der Waals surface area (Å²) in [5, 5.41) is 3.45. The van der Waals surface area contributed by atoms with Gasteiger partial charge in [0, 0.05) is 24.5 Å². The van der Waals surface area contributed by atoms with Gasteiger partial charge in [-0.2, -0.15) is 0 Å². The topological polar surface area (TPSA) is 67.4 Å². The number of nitrogens with one attached hydrogen (secondary N) is 2. The van der Waals surface area contributed by atoms with Gasteiger partial charge in [-0.15, -0.1) is 0 Å². The van der Waals surface area contributed by atoms with Gasteiger partial charge in [-0.1, -0.05) is 24.3 Å². The van der Waals surface area contributed by atoms with Crippen LogP contribution in [0, 0.1) is 0 Å². The first-order valence-electron chi connectivity index (χ1n) is 7.75. The molecule has 2 aromatic carbocycles. The Hall–Kier alpha value is -2.05. The second-order valence-corrected chi connectivity index (χ2v) is 7.61. The number of hydrogen-bond donors (Lipinski definition) is 2. The summed E-state index contributed by atoms with van der Waals surface area (Å²) in [6, 6.07) is 15.6. The smallest absolute Gasteiger partial charge is 0.229 e. The minimum atomic E-state index is -3.25. The van der Waals surface area contributed by atoms with E-state index < -0.39 is 10.0 Å². The first kappa shape index (κ1) is 18.3. The van der Waals surface area contributed by atoms with Crippen LogP contribution in [0.15, 0.2) is 48.5 Å². The van der Waals surface area contributed by atoms with E-state index in [1.54, 1.807) is 19.2 Å². The quantitative estimate of drug-likeness (QED) is 0.795. The lowest BCUT2D eigenvalue weighted by molar-refractivity contribution is 0.119. The number of rotatable bonds is 7. The first-order valence-corrected chi connectivity index (χ1v) is 9.64. The van der Waals surface area contributed by atoms with E-state index in [0.717, 1.165) is 23.1 Å². The summed E-state index contributed by atoms with van der Waals surface area (Å²) in [7, 11) is -1.56. The molecule has 0 unspecified atom stereocenters. The Balaban J connectivity index is 2.08. The average Bonchev–Trinajstić information content (AvgIpc) is 2.53. The molecule has 0 aliphatic rings. The highest BCUT2D eigenvalue weighted by Gasteiger charge is 2.09. The van der Waals surface area contributed by atoms with Crippen LogP contribution in [0.4, 0.5) is 11.4 Å². The highest BCUT2D eigenvalue weighted by molar-refractivity contribution is 7.92. The summed E-state index contributed by atoms with van der Waals surface area (Å²) < 4.78 is 30.3. The fraction of sp³-hybridized carbons (Fsp3) is 0.333. The maximum Gasteiger partial charge on any atom is 0.229 e. The molecule has 0 heterocycles. The van der Waals surface area contributed by atoms with Gasteiger partial charge < -0.3 is 10.1 Å². The zero-order valence-corrected chi connectivity index (χ0v) is 15.2. The van der Waals surface area contributed by atoms with Gasteiger partial charge in [-0.25, -0.2) is 8.42 Å². The van der Waals surface area contributed by atoms with E-state index in [1.807, 2.05) is 37.3 Å². The maximum atomic E-state index is 11.2. The number of sulfonamides is 1. The number of methoxy groups -OCH3 is 1. The molecule has 6 heteroatoms. The number of anilines is 2. The molecule has 0 aliphatic heterocycles. The molecule has 0 saturated carbocycles. The van der Waals surface area contributed by atoms with Crippen molar-refractivity contribution >= 4 is 21.4 Å². The molecule has 0 spiro atoms. The number of hydrogen-bond acceptors (Lipinski definition) is 4. The summed E-state index contributed by atoms with van der Waals surface area (Å²) in [4.78, 5) is 0. The van der Waals surface area contributed by atoms with Crippen LogP contribution in [0.2, 0.25) is 0 Å². The van der Waals surface area contributed by atoms with Crippen molar-refractivity contribution in [1.82, 2.24) is 0 Å². The molecule has 0 saturated heterocycles. The van der Waals surface area contributed by atoms with Crippen LogP contribution in [-0.4, -0.2) is 21.8 Å². The van der Waals surface area contributed by atoms with Crippen molar-refractivity contribution in [3.63, 3.8) is 0 Å². The van der Waals surface area contributed by atoms with Gasteiger partial charge in [0.25, 0.3) is 0 Å². The van der Waals surface area contributed by atoms with Crippen molar-refractivity contribution in [2.24, 2.45) is 0 Å². The molecule has 24 heavy (non-hydrogen) atoms. The summed E-state index contributed by atoms with van der Waals surface area (Å²) in [6.45, 7) is 4.07. The van der Waals surface area contributed by atoms with Crippen molar-refractivity contribution in [3.8, 4) is 0 Å². The van der Waals surface area contributed by atoms with Crippen molar-refractivity contribution in [2.45, 2.75) is 26.0 Å². The minimum Gasteiger partial charge on any atom is -0.379 e. The Bertz CT molecular complexity index is 773. The van der Waals surface area contributed by atoms with Gasteiger partial charge in [0.1, 0.15) is 0 Å². The molecule has 2 atom stereocenters. The molecule has 0 aromatic heterocycles. The van der Waals surface area contributed by atoms with Crippen LogP contribution in [0.3, 0.4) is 0 Å². The van der Waals surface area contributed by atoms with Crippen LogP contribution in [-0.2, 0) is 14.8 Å². The molecule has 2 rings (SSSR count). The Morgan fingerprint density at radius 3 is 2.21 bits per heavy atom. The third-order valence-electron chi connectivity index (χ3n) is 3.81. The summed E-state index contributed by atoms with van der Waals surface area (Å²) in [5.74, 6) is 0. The van der Waals surface area contributed by atoms with Crippen molar-refractivity contribution in [1.29, 1.82) is 0 Å². The Kier molecular flexibility index (Phi) is 5.85. The monoisotopic (exact) mass is 348 g/mol. The second-order valence-electron chi connectivity index (χ2n) is 5.87. The van der Waals surface area contributed by atoms with Crippen molar-refractivity contribution in [3.05, 3.63) is 59.7 Å². The Labute approximate surface area is 144 Å². The molecular weight excluding hydrogens is 324 g/mol. The molecule has 0 aliphatic carbocycles. The zero-order valence-electron chi connectivity index (χ0n) is 14.4. The lowest BCUT2D eigenvalue weighted by Crippen LogP contribution is -2.10. The molecular formula is C18H24N2O3S. The van der Waals surface area contributed by atoms with E-state index >= 15 is 0 Å². The SMILES string of the molecule is CO[C@@H](C)c1cccc(N[C@@H](C)c2ccc(NS(C)(=O)=O)cc2)c1. The van der Waals surface area contributed by atoms with Crippen LogP contribution in [0.25, 0.3) is 0 Å². The van der Waals surface area contributed by atoms with Gasteiger partial charge >= 0.3 is 0 Å². The molecule has 0 bridgehead atoms. The second kappa shape index (κ2) is 7.68. The van der Waals surface area contributed by atoms with Crippen molar-refractivity contribution in [2.75, 3.05) is 23.4 Å². The molecule has 0 amide bonds. The van der Waals surface area contributed by atoms with E-state index in [4.69, 9.17) is 4.74 Å². The number of ether oxygens (including phenoxy) is 1. The molecule has 5 nitrogen and oxygen atoms in total. The van der Waals surface area contributed by atoms with Gasteiger partial charge in [0.05, 0.1) is 12.4 Å². The largest absolute Gasteiger partial charge is 0.379 e. The van der Waals surface area contributed by atoms with Crippen molar-refractivity contribution < 1.29 is 13.2 Å². The van der Waals surface area contributed by atoms with Crippen LogP contribution < -0.4 is 10.0 Å². The van der Waals surface area contributed by atoms with E-state index in [2.05, 4.69) is 23.0 Å². The third-order valence-corrected chi connectivity index (χ3v) is 4.41. The lowest BCUT2D eigenvalue weighted by atomic mass is 10.1. The fourth-order valence-corrected chi connectivity index (χ4v) is 2.97. The van der Waals surface area contributed by atoms with Crippen LogP contribution in [0.1, 0.15) is 37.1 Å².